The maximum atomic E-state index is 15.3. The van der Waals surface area contributed by atoms with E-state index < -0.39 is 64.4 Å². The molecular weight excluding hydrogens is 377 g/mol. The predicted octanol–water partition coefficient (Wildman–Crippen LogP) is -2.58. The normalized spacial score (nSPS) is 29.0. The Bertz CT molecular complexity index is 894. The van der Waals surface area contributed by atoms with Crippen LogP contribution in [0.4, 0.5) is 8.78 Å². The molecular formula is C14H16B3F2N3O6. The van der Waals surface area contributed by atoms with Crippen molar-refractivity contribution in [3.63, 3.8) is 0 Å². The van der Waals surface area contributed by atoms with Gasteiger partial charge in [0.2, 0.25) is 11.7 Å². The molecule has 28 heavy (non-hydrogen) atoms. The second-order valence-electron chi connectivity index (χ2n) is 6.89. The summed E-state index contributed by atoms with van der Waals surface area (Å²) in [7, 11) is 16.8. The minimum absolute atomic E-state index is 0.216. The number of ether oxygens (including phenoxy) is 2. The maximum absolute atomic E-state index is 15.3. The first-order valence-corrected chi connectivity index (χ1v) is 8.09. The highest BCUT2D eigenvalue weighted by Gasteiger charge is 2.62. The molecule has 0 aromatic carbocycles. The first-order valence-electron chi connectivity index (χ1n) is 8.09. The highest BCUT2D eigenvalue weighted by atomic mass is 19.2. The lowest BCUT2D eigenvalue weighted by atomic mass is 9.59. The Balaban J connectivity index is 2.39. The number of aromatic nitrogens is 2. The highest BCUT2D eigenvalue weighted by molar-refractivity contribution is 6.40. The van der Waals surface area contributed by atoms with Crippen LogP contribution < -0.4 is 17.0 Å². The number of H-pyrrole nitrogens is 1. The van der Waals surface area contributed by atoms with Gasteiger partial charge in [-0.3, -0.25) is 19.1 Å². The average Bonchev–Trinajstić information content (AvgIpc) is 2.81. The standard InChI is InChI=1S/C14H16B3F2N3O6/c1-5(2)8(20)10(25)27-14(16,17)12(19)3-7(23)13(15,28-12)22-4-6(18)9(24)21-11(22)26/h4-5,7-8,23H,3,20H2,1-2H3,(H,21,24,26)/t7-,8+,12+,13+/m1/s1. The Hall–Kier alpha value is -1.92. The average molecular weight is 393 g/mol. The fraction of sp³-hybridized carbons (Fsp3) is 0.643. The van der Waals surface area contributed by atoms with Gasteiger partial charge in [0.15, 0.2) is 0 Å². The zero-order chi connectivity index (χ0) is 21.7. The first-order chi connectivity index (χ1) is 12.6. The number of carbonyl (C=O) groups excluding carboxylic acids is 1. The van der Waals surface area contributed by atoms with Crippen LogP contribution in [0.2, 0.25) is 0 Å². The van der Waals surface area contributed by atoms with E-state index in [9.17, 15) is 23.9 Å². The molecule has 2 rings (SSSR count). The van der Waals surface area contributed by atoms with Crippen LogP contribution in [-0.4, -0.2) is 67.6 Å². The summed E-state index contributed by atoms with van der Waals surface area (Å²) in [5, 5.41) is 7.19. The fourth-order valence-corrected chi connectivity index (χ4v) is 2.50. The van der Waals surface area contributed by atoms with Crippen molar-refractivity contribution in [2.24, 2.45) is 11.7 Å². The van der Waals surface area contributed by atoms with Gasteiger partial charge in [0.1, 0.15) is 35.2 Å². The van der Waals surface area contributed by atoms with Gasteiger partial charge in [0.05, 0.1) is 17.7 Å². The van der Waals surface area contributed by atoms with Gasteiger partial charge in [-0.15, -0.1) is 0 Å². The Kier molecular flexibility index (Phi) is 5.72. The zero-order valence-electron chi connectivity index (χ0n) is 15.0. The molecule has 9 nitrogen and oxygen atoms in total. The minimum atomic E-state index is -3.31. The molecule has 0 amide bonds. The largest absolute Gasteiger partial charge is 0.473 e. The van der Waals surface area contributed by atoms with Crippen molar-refractivity contribution >= 4 is 29.5 Å². The summed E-state index contributed by atoms with van der Waals surface area (Å²) >= 11 is 0. The quantitative estimate of drug-likeness (QED) is 0.369. The molecule has 2 heterocycles. The summed E-state index contributed by atoms with van der Waals surface area (Å²) in [6.07, 6.45) is -2.76. The van der Waals surface area contributed by atoms with Gasteiger partial charge in [-0.1, -0.05) is 13.8 Å². The summed E-state index contributed by atoms with van der Waals surface area (Å²) in [5.74, 6) is -6.32. The van der Waals surface area contributed by atoms with Gasteiger partial charge < -0.3 is 20.3 Å². The fourth-order valence-electron chi connectivity index (χ4n) is 2.50. The van der Waals surface area contributed by atoms with E-state index >= 15 is 4.39 Å². The molecule has 0 saturated carbocycles. The summed E-state index contributed by atoms with van der Waals surface area (Å²) in [6, 6.07) is -1.19. The van der Waals surface area contributed by atoms with Crippen molar-refractivity contribution in [3.05, 3.63) is 32.9 Å². The molecule has 1 fully saturated rings. The number of nitrogens with two attached hydrogens (primary N) is 1. The van der Waals surface area contributed by atoms with E-state index in [-0.39, 0.29) is 4.57 Å². The van der Waals surface area contributed by atoms with E-state index in [1.807, 2.05) is 0 Å². The first kappa shape index (κ1) is 22.4. The SMILES string of the molecule is [B]C([B])(OC(=O)[C@@H](N)C(C)C)[C@]1(F)C[C@@H](O)[C@]([B])(n2cc(F)c(=O)[nH]c2=O)O1. The van der Waals surface area contributed by atoms with Crippen LogP contribution in [0.15, 0.2) is 15.8 Å². The number of rotatable bonds is 5. The van der Waals surface area contributed by atoms with Crippen molar-refractivity contribution in [2.45, 2.75) is 49.3 Å². The van der Waals surface area contributed by atoms with Gasteiger partial charge in [-0.25, -0.2) is 9.18 Å². The summed E-state index contributed by atoms with van der Waals surface area (Å²) in [6.45, 7) is 3.17. The van der Waals surface area contributed by atoms with E-state index in [0.717, 1.165) is 0 Å². The van der Waals surface area contributed by atoms with Crippen LogP contribution in [0, 0.1) is 11.7 Å². The Morgan fingerprint density at radius 1 is 1.54 bits per heavy atom. The second kappa shape index (κ2) is 7.16. The van der Waals surface area contributed by atoms with E-state index in [1.165, 1.54) is 0 Å². The minimum Gasteiger partial charge on any atom is -0.473 e. The molecule has 1 aromatic rings. The lowest BCUT2D eigenvalue weighted by molar-refractivity contribution is -0.232. The maximum Gasteiger partial charge on any atom is 0.330 e. The number of alkyl halides is 1. The van der Waals surface area contributed by atoms with Crippen molar-refractivity contribution in [2.75, 3.05) is 0 Å². The molecule has 0 bridgehead atoms. The smallest absolute Gasteiger partial charge is 0.330 e. The molecule has 0 aliphatic carbocycles. The number of aromatic amines is 1. The molecule has 4 atom stereocenters. The molecule has 0 unspecified atom stereocenters. The van der Waals surface area contributed by atoms with Gasteiger partial charge in [0.25, 0.3) is 5.56 Å². The van der Waals surface area contributed by atoms with Crippen LogP contribution in [0.5, 0.6) is 0 Å². The summed E-state index contributed by atoms with van der Waals surface area (Å²) in [5.41, 5.74) is 0.181. The molecule has 1 aliphatic rings. The molecule has 14 heteroatoms. The van der Waals surface area contributed by atoms with Gasteiger partial charge in [-0.05, 0) is 5.92 Å². The zero-order valence-corrected chi connectivity index (χ0v) is 15.0. The molecule has 0 spiro atoms. The summed E-state index contributed by atoms with van der Waals surface area (Å²) in [4.78, 5) is 36.6. The highest BCUT2D eigenvalue weighted by Crippen LogP contribution is 2.45. The number of carbonyl (C=O) groups is 1. The third kappa shape index (κ3) is 3.68. The number of hydrogen-bond donors (Lipinski definition) is 3. The number of esters is 1. The monoisotopic (exact) mass is 393 g/mol. The predicted molar refractivity (Wildman–Crippen MR) is 93.7 cm³/mol. The van der Waals surface area contributed by atoms with Crippen molar-refractivity contribution in [3.8, 4) is 0 Å². The Morgan fingerprint density at radius 3 is 2.64 bits per heavy atom. The number of nitrogens with one attached hydrogen (secondary N) is 1. The number of nitrogens with zero attached hydrogens (tertiary/aromatic N) is 1. The van der Waals surface area contributed by atoms with Crippen molar-refractivity contribution < 1.29 is 28.2 Å². The molecule has 1 aromatic heterocycles. The van der Waals surface area contributed by atoms with Gasteiger partial charge in [-0.2, -0.15) is 4.39 Å². The van der Waals surface area contributed by atoms with Crippen LogP contribution in [-0.2, 0) is 19.9 Å². The lowest BCUT2D eigenvalue weighted by Gasteiger charge is -2.40. The number of aliphatic hydroxyl groups excluding tert-OH is 1. The third-order valence-corrected chi connectivity index (χ3v) is 4.38. The molecule has 1 saturated heterocycles. The number of aliphatic hydroxyl groups is 1. The van der Waals surface area contributed by atoms with Crippen molar-refractivity contribution in [1.29, 1.82) is 0 Å². The molecule has 6 radical (unpaired) electrons. The second-order valence-corrected chi connectivity index (χ2v) is 6.89. The van der Waals surface area contributed by atoms with E-state index in [1.54, 1.807) is 18.8 Å². The molecule has 1 aliphatic heterocycles. The Labute approximate surface area is 161 Å². The lowest BCUT2D eigenvalue weighted by Crippen LogP contribution is -2.59. The van der Waals surface area contributed by atoms with Crippen LogP contribution >= 0.6 is 0 Å². The number of hydrogen-bond acceptors (Lipinski definition) is 7. The number of halogens is 2. The van der Waals surface area contributed by atoms with Gasteiger partial charge >= 0.3 is 11.7 Å². The summed E-state index contributed by atoms with van der Waals surface area (Å²) < 4.78 is 38.7. The Morgan fingerprint density at radius 2 is 2.11 bits per heavy atom. The van der Waals surface area contributed by atoms with E-state index in [2.05, 4.69) is 0 Å². The van der Waals surface area contributed by atoms with E-state index in [0.29, 0.717) is 6.20 Å². The van der Waals surface area contributed by atoms with Crippen LogP contribution in [0.1, 0.15) is 20.3 Å². The van der Waals surface area contributed by atoms with Crippen molar-refractivity contribution in [1.82, 2.24) is 9.55 Å². The van der Waals surface area contributed by atoms with E-state index in [4.69, 9.17) is 38.7 Å². The third-order valence-electron chi connectivity index (χ3n) is 4.38. The van der Waals surface area contributed by atoms with Crippen LogP contribution in [0.25, 0.3) is 0 Å². The molecule has 4 N–H and O–H groups in total. The molecule has 146 valence electrons. The topological polar surface area (TPSA) is 137 Å². The van der Waals surface area contributed by atoms with Gasteiger partial charge in [0, 0.05) is 6.42 Å². The van der Waals surface area contributed by atoms with Crippen LogP contribution in [0.3, 0.4) is 0 Å².